The van der Waals surface area contributed by atoms with E-state index >= 15 is 0 Å². The van der Waals surface area contributed by atoms with E-state index in [0.29, 0.717) is 6.04 Å². The Kier molecular flexibility index (Phi) is 3.20. The summed E-state index contributed by atoms with van der Waals surface area (Å²) in [5, 5.41) is 4.97. The summed E-state index contributed by atoms with van der Waals surface area (Å²) in [7, 11) is 0. The Morgan fingerprint density at radius 3 is 2.83 bits per heavy atom. The first kappa shape index (κ1) is 12.2. The van der Waals surface area contributed by atoms with Gasteiger partial charge in [-0.3, -0.25) is 0 Å². The molecule has 1 aliphatic carbocycles. The van der Waals surface area contributed by atoms with Crippen molar-refractivity contribution in [2.24, 2.45) is 0 Å². The second kappa shape index (κ2) is 4.71. The molecule has 1 saturated carbocycles. The first-order valence-electron chi connectivity index (χ1n) is 6.67. The van der Waals surface area contributed by atoms with E-state index < -0.39 is 0 Å². The molecule has 0 saturated heterocycles. The van der Waals surface area contributed by atoms with Crippen LogP contribution in [0.25, 0.3) is 10.9 Å². The molecule has 0 radical (unpaired) electrons. The average Bonchev–Trinajstić information content (AvgIpc) is 3.08. The Morgan fingerprint density at radius 1 is 1.39 bits per heavy atom. The second-order valence-corrected chi connectivity index (χ2v) is 6.39. The lowest BCUT2D eigenvalue weighted by Crippen LogP contribution is -2.15. The zero-order valence-electron chi connectivity index (χ0n) is 10.9. The van der Waals surface area contributed by atoms with Gasteiger partial charge < -0.3 is 9.88 Å². The lowest BCUT2D eigenvalue weighted by Gasteiger charge is -2.08. The van der Waals surface area contributed by atoms with E-state index in [4.69, 9.17) is 0 Å². The molecule has 1 N–H and O–H groups in total. The molecule has 2 aromatic rings. The predicted octanol–water partition coefficient (Wildman–Crippen LogP) is 4.24. The number of hydrogen-bond acceptors (Lipinski definition) is 1. The number of nitrogens with zero attached hydrogens (tertiary/aromatic N) is 1. The summed E-state index contributed by atoms with van der Waals surface area (Å²) in [6, 6.07) is 7.83. The molecule has 0 spiro atoms. The fraction of sp³-hybridized carbons (Fsp3) is 0.467. The first-order valence-corrected chi connectivity index (χ1v) is 7.47. The predicted molar refractivity (Wildman–Crippen MR) is 79.9 cm³/mol. The summed E-state index contributed by atoms with van der Waals surface area (Å²) in [4.78, 5) is 0. The van der Waals surface area contributed by atoms with E-state index in [0.717, 1.165) is 17.1 Å². The van der Waals surface area contributed by atoms with Crippen molar-refractivity contribution < 1.29 is 0 Å². The van der Waals surface area contributed by atoms with Crippen LogP contribution in [0.3, 0.4) is 0 Å². The van der Waals surface area contributed by atoms with Gasteiger partial charge in [-0.1, -0.05) is 15.9 Å². The van der Waals surface area contributed by atoms with Gasteiger partial charge in [0, 0.05) is 40.2 Å². The minimum Gasteiger partial charge on any atom is -0.345 e. The minimum atomic E-state index is 0.503. The summed E-state index contributed by atoms with van der Waals surface area (Å²) in [6.07, 6.45) is 4.98. The van der Waals surface area contributed by atoms with Gasteiger partial charge >= 0.3 is 0 Å². The molecular weight excluding hydrogens is 288 g/mol. The van der Waals surface area contributed by atoms with Crippen molar-refractivity contribution >= 4 is 26.8 Å². The molecule has 0 unspecified atom stereocenters. The molecule has 2 nitrogen and oxygen atoms in total. The maximum Gasteiger partial charge on any atom is 0.0486 e. The van der Waals surface area contributed by atoms with Gasteiger partial charge in [0.15, 0.2) is 0 Å². The Labute approximate surface area is 116 Å². The van der Waals surface area contributed by atoms with Gasteiger partial charge in [-0.2, -0.15) is 0 Å². The summed E-state index contributed by atoms with van der Waals surface area (Å²) in [6.45, 7) is 5.45. The second-order valence-electron chi connectivity index (χ2n) is 5.47. The molecule has 3 rings (SSSR count). The smallest absolute Gasteiger partial charge is 0.0486 e. The van der Waals surface area contributed by atoms with Gasteiger partial charge in [0.25, 0.3) is 0 Å². The number of benzene rings is 1. The van der Waals surface area contributed by atoms with Crippen molar-refractivity contribution in [3.63, 3.8) is 0 Å². The normalized spacial score (nSPS) is 15.8. The van der Waals surface area contributed by atoms with Crippen LogP contribution in [0.1, 0.15) is 38.3 Å². The van der Waals surface area contributed by atoms with E-state index in [1.54, 1.807) is 0 Å². The molecule has 96 valence electrons. The molecule has 0 amide bonds. The third-order valence-corrected chi connectivity index (χ3v) is 4.09. The fourth-order valence-electron chi connectivity index (χ4n) is 2.41. The number of rotatable bonds is 4. The topological polar surface area (TPSA) is 17.0 Å². The highest BCUT2D eigenvalue weighted by Crippen LogP contribution is 2.28. The third-order valence-electron chi connectivity index (χ3n) is 3.59. The molecule has 18 heavy (non-hydrogen) atoms. The molecule has 0 bridgehead atoms. The van der Waals surface area contributed by atoms with Crippen molar-refractivity contribution in [3.05, 3.63) is 34.4 Å². The van der Waals surface area contributed by atoms with Crippen LogP contribution in [-0.2, 0) is 6.54 Å². The fourth-order valence-corrected chi connectivity index (χ4v) is 2.77. The lowest BCUT2D eigenvalue weighted by atomic mass is 10.2. The van der Waals surface area contributed by atoms with Gasteiger partial charge in [-0.25, -0.2) is 0 Å². The van der Waals surface area contributed by atoms with Gasteiger partial charge in [0.1, 0.15) is 0 Å². The number of fused-ring (bicyclic) bond motifs is 1. The van der Waals surface area contributed by atoms with Gasteiger partial charge in [0.2, 0.25) is 0 Å². The quantitative estimate of drug-likeness (QED) is 0.894. The molecule has 1 fully saturated rings. The van der Waals surface area contributed by atoms with E-state index in [2.05, 4.69) is 64.1 Å². The van der Waals surface area contributed by atoms with Crippen molar-refractivity contribution in [3.8, 4) is 0 Å². The summed E-state index contributed by atoms with van der Waals surface area (Å²) in [5.41, 5.74) is 2.74. The van der Waals surface area contributed by atoms with E-state index in [9.17, 15) is 0 Å². The highest BCUT2D eigenvalue weighted by atomic mass is 79.9. The third kappa shape index (κ3) is 2.34. The van der Waals surface area contributed by atoms with Gasteiger partial charge in [0.05, 0.1) is 0 Å². The molecule has 1 heterocycles. The van der Waals surface area contributed by atoms with Crippen LogP contribution < -0.4 is 5.32 Å². The van der Waals surface area contributed by atoms with Gasteiger partial charge in [-0.15, -0.1) is 0 Å². The molecule has 1 aromatic heterocycles. The number of halogens is 1. The van der Waals surface area contributed by atoms with E-state index in [1.165, 1.54) is 29.3 Å². The first-order chi connectivity index (χ1) is 8.65. The van der Waals surface area contributed by atoms with Crippen LogP contribution in [0.15, 0.2) is 28.9 Å². The zero-order chi connectivity index (χ0) is 12.7. The average molecular weight is 307 g/mol. The molecule has 3 heteroatoms. The van der Waals surface area contributed by atoms with Crippen LogP contribution >= 0.6 is 15.9 Å². The number of aromatic nitrogens is 1. The van der Waals surface area contributed by atoms with Crippen LogP contribution in [0.5, 0.6) is 0 Å². The van der Waals surface area contributed by atoms with Crippen LogP contribution in [-0.4, -0.2) is 10.6 Å². The zero-order valence-corrected chi connectivity index (χ0v) is 12.5. The summed E-state index contributed by atoms with van der Waals surface area (Å²) in [5.74, 6) is 0. The lowest BCUT2D eigenvalue weighted by molar-refractivity contribution is 0.616. The SMILES string of the molecule is CC(C)n1cc(CNC2CC2)c2cc(Br)ccc21. The Hall–Kier alpha value is -0.800. The summed E-state index contributed by atoms with van der Waals surface area (Å²) >= 11 is 3.58. The Balaban J connectivity index is 2.02. The maximum atomic E-state index is 3.61. The minimum absolute atomic E-state index is 0.503. The molecule has 1 aliphatic rings. The number of nitrogens with one attached hydrogen (secondary N) is 1. The Morgan fingerprint density at radius 2 is 2.17 bits per heavy atom. The molecule has 0 atom stereocenters. The van der Waals surface area contributed by atoms with Crippen LogP contribution in [0.2, 0.25) is 0 Å². The highest BCUT2D eigenvalue weighted by molar-refractivity contribution is 9.10. The van der Waals surface area contributed by atoms with Crippen LogP contribution in [0, 0.1) is 0 Å². The van der Waals surface area contributed by atoms with E-state index in [1.807, 2.05) is 0 Å². The maximum absolute atomic E-state index is 3.61. The largest absolute Gasteiger partial charge is 0.345 e. The molecule has 0 aliphatic heterocycles. The van der Waals surface area contributed by atoms with Crippen molar-refractivity contribution in [2.45, 2.75) is 45.3 Å². The number of hydrogen-bond donors (Lipinski definition) is 1. The molecular formula is C15H19BrN2. The monoisotopic (exact) mass is 306 g/mol. The Bertz CT molecular complexity index is 567. The van der Waals surface area contributed by atoms with Crippen molar-refractivity contribution in [1.82, 2.24) is 9.88 Å². The standard InChI is InChI=1S/C15H19BrN2/c1-10(2)18-9-11(8-17-13-4-5-13)14-7-12(16)3-6-15(14)18/h3,6-7,9-10,13,17H,4-5,8H2,1-2H3. The summed E-state index contributed by atoms with van der Waals surface area (Å²) < 4.78 is 3.52. The van der Waals surface area contributed by atoms with E-state index in [-0.39, 0.29) is 0 Å². The molecule has 1 aromatic carbocycles. The van der Waals surface area contributed by atoms with Crippen molar-refractivity contribution in [2.75, 3.05) is 0 Å². The van der Waals surface area contributed by atoms with Gasteiger partial charge in [-0.05, 0) is 50.5 Å². The highest BCUT2D eigenvalue weighted by Gasteiger charge is 2.21. The van der Waals surface area contributed by atoms with Crippen molar-refractivity contribution in [1.29, 1.82) is 0 Å². The van der Waals surface area contributed by atoms with Crippen LogP contribution in [0.4, 0.5) is 0 Å².